The Balaban J connectivity index is 1.41. The molecule has 3 saturated carbocycles. The molecule has 0 amide bonds. The van der Waals surface area contributed by atoms with Gasteiger partial charge < -0.3 is 14.9 Å². The molecule has 2 N–H and O–H groups in total. The summed E-state index contributed by atoms with van der Waals surface area (Å²) in [5, 5.41) is 20.2. The number of aliphatic hydroxyl groups excluding tert-OH is 2. The summed E-state index contributed by atoms with van der Waals surface area (Å²) in [4.78, 5) is 2.59. The first-order valence-electron chi connectivity index (χ1n) is 13.1. The molecule has 0 spiro atoms. The van der Waals surface area contributed by atoms with Crippen LogP contribution in [0.2, 0.25) is 0 Å². The molecule has 0 aromatic heterocycles. The van der Waals surface area contributed by atoms with E-state index in [0.29, 0.717) is 30.3 Å². The molecule has 1 aliphatic heterocycles. The lowest BCUT2D eigenvalue weighted by Crippen LogP contribution is -2.42. The Labute approximate surface area is 195 Å². The summed E-state index contributed by atoms with van der Waals surface area (Å²) in [7, 11) is 0. The van der Waals surface area contributed by atoms with Gasteiger partial charge >= 0.3 is 0 Å². The van der Waals surface area contributed by atoms with E-state index in [0.717, 1.165) is 42.7 Å². The number of hydrogen-bond donors (Lipinski definition) is 2. The highest BCUT2D eigenvalue weighted by atomic mass is 16.5. The van der Waals surface area contributed by atoms with E-state index >= 15 is 0 Å². The zero-order valence-corrected chi connectivity index (χ0v) is 20.6. The SMILES string of the molecule is C=C1/C(=C\C=C2/CCC[C@]3(C)[C@@H]([C@H](C)CCN4CCO[C@@H](C)C4)CC[C@@H]23)C[C@@H](O)C[C@@H]1O. The molecule has 4 heteroatoms. The fourth-order valence-corrected chi connectivity index (χ4v) is 7.36. The molecule has 0 radical (unpaired) electrons. The van der Waals surface area contributed by atoms with Gasteiger partial charge in [-0.15, -0.1) is 0 Å². The van der Waals surface area contributed by atoms with E-state index in [-0.39, 0.29) is 0 Å². The van der Waals surface area contributed by atoms with E-state index in [1.165, 1.54) is 45.1 Å². The number of aliphatic hydroxyl groups is 2. The van der Waals surface area contributed by atoms with Gasteiger partial charge in [-0.2, -0.15) is 0 Å². The summed E-state index contributed by atoms with van der Waals surface area (Å²) in [6.45, 7) is 15.6. The predicted octanol–water partition coefficient (Wildman–Crippen LogP) is 4.87. The van der Waals surface area contributed by atoms with Crippen LogP contribution in [0.4, 0.5) is 0 Å². The van der Waals surface area contributed by atoms with E-state index in [1.54, 1.807) is 5.57 Å². The van der Waals surface area contributed by atoms with Crippen molar-refractivity contribution in [3.63, 3.8) is 0 Å². The highest BCUT2D eigenvalue weighted by Gasteiger charge is 2.50. The Morgan fingerprint density at radius 1 is 1.28 bits per heavy atom. The Hall–Kier alpha value is -0.940. The largest absolute Gasteiger partial charge is 0.393 e. The Kier molecular flexibility index (Phi) is 7.66. The smallest absolute Gasteiger partial charge is 0.0811 e. The molecule has 0 unspecified atom stereocenters. The zero-order chi connectivity index (χ0) is 22.9. The van der Waals surface area contributed by atoms with Gasteiger partial charge in [-0.1, -0.05) is 38.2 Å². The minimum Gasteiger partial charge on any atom is -0.393 e. The van der Waals surface area contributed by atoms with Crippen molar-refractivity contribution in [2.45, 2.75) is 90.4 Å². The molecule has 1 heterocycles. The standard InChI is InChI=1S/C28H45NO3/c1-19(11-13-29-14-15-32-20(2)18-29)25-9-10-26-22(6-5-12-28(25,26)4)7-8-23-16-24(30)17-27(31)21(23)3/h7-8,19-20,24-27,30-31H,3,5-6,9-18H2,1-2,4H3/b22-7+,23-8-/t19-,20+,24-,25-,26+,27+,28-/m1/s1. The van der Waals surface area contributed by atoms with Gasteiger partial charge in [0.25, 0.3) is 0 Å². The molecule has 0 aromatic carbocycles. The van der Waals surface area contributed by atoms with Crippen LogP contribution in [0.5, 0.6) is 0 Å². The predicted molar refractivity (Wildman–Crippen MR) is 130 cm³/mol. The van der Waals surface area contributed by atoms with Crippen molar-refractivity contribution in [3.8, 4) is 0 Å². The fraction of sp³-hybridized carbons (Fsp3) is 0.786. The van der Waals surface area contributed by atoms with Crippen LogP contribution < -0.4 is 0 Å². The van der Waals surface area contributed by atoms with Crippen molar-refractivity contribution < 1.29 is 14.9 Å². The third kappa shape index (κ3) is 5.09. The first kappa shape index (κ1) is 24.2. The number of fused-ring (bicyclic) bond motifs is 1. The Morgan fingerprint density at radius 2 is 2.09 bits per heavy atom. The van der Waals surface area contributed by atoms with Gasteiger partial charge in [-0.25, -0.2) is 0 Å². The summed E-state index contributed by atoms with van der Waals surface area (Å²) < 4.78 is 5.71. The van der Waals surface area contributed by atoms with Gasteiger partial charge in [-0.3, -0.25) is 4.90 Å². The summed E-state index contributed by atoms with van der Waals surface area (Å²) in [5.41, 5.74) is 3.81. The second-order valence-corrected chi connectivity index (χ2v) is 11.4. The lowest BCUT2D eigenvalue weighted by molar-refractivity contribution is -0.0216. The van der Waals surface area contributed by atoms with Crippen molar-refractivity contribution in [1.82, 2.24) is 4.90 Å². The molecule has 0 aromatic rings. The van der Waals surface area contributed by atoms with E-state index in [4.69, 9.17) is 4.74 Å². The Morgan fingerprint density at radius 3 is 2.88 bits per heavy atom. The van der Waals surface area contributed by atoms with E-state index in [9.17, 15) is 10.2 Å². The molecule has 4 fully saturated rings. The molecular weight excluding hydrogens is 398 g/mol. The van der Waals surface area contributed by atoms with Crippen molar-refractivity contribution in [1.29, 1.82) is 0 Å². The van der Waals surface area contributed by atoms with Crippen LogP contribution >= 0.6 is 0 Å². The van der Waals surface area contributed by atoms with Crippen LogP contribution in [0, 0.1) is 23.2 Å². The molecule has 4 rings (SSSR count). The maximum Gasteiger partial charge on any atom is 0.0811 e. The van der Waals surface area contributed by atoms with Gasteiger partial charge in [0.05, 0.1) is 24.9 Å². The number of morpholine rings is 1. The van der Waals surface area contributed by atoms with Gasteiger partial charge in [0.2, 0.25) is 0 Å². The number of ether oxygens (including phenoxy) is 1. The Bertz CT molecular complexity index is 743. The van der Waals surface area contributed by atoms with Crippen molar-refractivity contribution in [3.05, 3.63) is 35.5 Å². The number of nitrogens with zero attached hydrogens (tertiary/aromatic N) is 1. The summed E-state index contributed by atoms with van der Waals surface area (Å²) >= 11 is 0. The first-order chi connectivity index (χ1) is 15.3. The summed E-state index contributed by atoms with van der Waals surface area (Å²) in [6.07, 6.45) is 12.6. The normalized spacial score (nSPS) is 42.4. The summed E-state index contributed by atoms with van der Waals surface area (Å²) in [6, 6.07) is 0. The average Bonchev–Trinajstić information content (AvgIpc) is 3.11. The highest BCUT2D eigenvalue weighted by Crippen LogP contribution is 2.59. The second kappa shape index (κ2) is 10.1. The molecule has 32 heavy (non-hydrogen) atoms. The maximum absolute atomic E-state index is 10.2. The van der Waals surface area contributed by atoms with Crippen molar-refractivity contribution in [2.24, 2.45) is 23.2 Å². The van der Waals surface area contributed by atoms with Crippen molar-refractivity contribution in [2.75, 3.05) is 26.2 Å². The fourth-order valence-electron chi connectivity index (χ4n) is 7.36. The van der Waals surface area contributed by atoms with Crippen LogP contribution in [0.25, 0.3) is 0 Å². The second-order valence-electron chi connectivity index (χ2n) is 11.4. The third-order valence-electron chi connectivity index (χ3n) is 9.21. The van der Waals surface area contributed by atoms with E-state index in [1.807, 2.05) is 0 Å². The van der Waals surface area contributed by atoms with Crippen molar-refractivity contribution >= 4 is 0 Å². The number of hydrogen-bond acceptors (Lipinski definition) is 4. The minimum absolute atomic E-state index is 0.370. The van der Waals surface area contributed by atoms with Crippen LogP contribution in [-0.4, -0.2) is 59.7 Å². The van der Waals surface area contributed by atoms with Crippen LogP contribution in [-0.2, 0) is 4.74 Å². The lowest BCUT2D eigenvalue weighted by Gasteiger charge is -2.44. The van der Waals surface area contributed by atoms with Crippen LogP contribution in [0.15, 0.2) is 35.5 Å². The first-order valence-corrected chi connectivity index (χ1v) is 13.1. The third-order valence-corrected chi connectivity index (χ3v) is 9.21. The monoisotopic (exact) mass is 443 g/mol. The molecule has 3 aliphatic carbocycles. The highest BCUT2D eigenvalue weighted by molar-refractivity contribution is 5.38. The molecule has 7 atom stereocenters. The minimum atomic E-state index is -0.605. The topological polar surface area (TPSA) is 52.9 Å². The molecule has 0 bridgehead atoms. The van der Waals surface area contributed by atoms with Crippen LogP contribution in [0.1, 0.15) is 72.1 Å². The molecule has 4 nitrogen and oxygen atoms in total. The van der Waals surface area contributed by atoms with Crippen LogP contribution in [0.3, 0.4) is 0 Å². The lowest BCUT2D eigenvalue weighted by atomic mass is 9.61. The molecule has 4 aliphatic rings. The molecular formula is C28H45NO3. The quantitative estimate of drug-likeness (QED) is 0.636. The summed E-state index contributed by atoms with van der Waals surface area (Å²) in [5.74, 6) is 2.23. The number of rotatable bonds is 5. The zero-order valence-electron chi connectivity index (χ0n) is 20.6. The molecule has 1 saturated heterocycles. The van der Waals surface area contributed by atoms with Gasteiger partial charge in [0.15, 0.2) is 0 Å². The van der Waals surface area contributed by atoms with E-state index < -0.39 is 12.2 Å². The maximum atomic E-state index is 10.2. The number of allylic oxidation sites excluding steroid dienone is 3. The average molecular weight is 444 g/mol. The van der Waals surface area contributed by atoms with Gasteiger partial charge in [0.1, 0.15) is 0 Å². The van der Waals surface area contributed by atoms with E-state index in [2.05, 4.69) is 44.4 Å². The van der Waals surface area contributed by atoms with Gasteiger partial charge in [0, 0.05) is 19.5 Å². The van der Waals surface area contributed by atoms with Gasteiger partial charge in [-0.05, 0) is 92.7 Å². The molecule has 180 valence electrons.